The van der Waals surface area contributed by atoms with Crippen molar-refractivity contribution in [3.8, 4) is 0 Å². The van der Waals surface area contributed by atoms with Crippen LogP contribution in [-0.4, -0.2) is 50.1 Å². The van der Waals surface area contributed by atoms with Crippen LogP contribution in [0, 0.1) is 0 Å². The third kappa shape index (κ3) is 6.43. The lowest BCUT2D eigenvalue weighted by Crippen LogP contribution is -2.41. The van der Waals surface area contributed by atoms with Gasteiger partial charge in [0.25, 0.3) is 0 Å². The lowest BCUT2D eigenvalue weighted by Gasteiger charge is -2.31. The van der Waals surface area contributed by atoms with Crippen molar-refractivity contribution in [1.82, 2.24) is 9.62 Å². The Kier molecular flexibility index (Phi) is 7.28. The number of sulfonamides is 1. The third-order valence-corrected chi connectivity index (χ3v) is 7.99. The molecule has 0 unspecified atom stereocenters. The summed E-state index contributed by atoms with van der Waals surface area (Å²) in [6.45, 7) is 6.91. The summed E-state index contributed by atoms with van der Waals surface area (Å²) in [5.74, 6) is -0.285. The third-order valence-electron chi connectivity index (χ3n) is 5.68. The lowest BCUT2D eigenvalue weighted by atomic mass is 9.99. The Morgan fingerprint density at radius 3 is 2.66 bits per heavy atom. The number of amides is 2. The minimum Gasteiger partial charge on any atom is -0.444 e. The predicted octanol–water partition coefficient (Wildman–Crippen LogP) is 4.39. The highest BCUT2D eigenvalue weighted by Gasteiger charge is 2.35. The van der Waals surface area contributed by atoms with Crippen molar-refractivity contribution in [2.75, 3.05) is 18.0 Å². The van der Waals surface area contributed by atoms with E-state index in [2.05, 4.69) is 4.72 Å². The Hall–Kier alpha value is -2.40. The molecular formula is C24H28ClN3O5S2. The molecule has 0 aliphatic carbocycles. The fourth-order valence-corrected chi connectivity index (χ4v) is 6.12. The number of hydrogen-bond acceptors (Lipinski definition) is 6. The highest BCUT2D eigenvalue weighted by atomic mass is 35.5. The quantitative estimate of drug-likeness (QED) is 0.610. The summed E-state index contributed by atoms with van der Waals surface area (Å²) in [4.78, 5) is 29.4. The van der Waals surface area contributed by atoms with Gasteiger partial charge < -0.3 is 14.5 Å². The first kappa shape index (κ1) is 25.7. The Balaban J connectivity index is 1.40. The van der Waals surface area contributed by atoms with Gasteiger partial charge in [0.2, 0.25) is 15.9 Å². The van der Waals surface area contributed by atoms with E-state index in [0.717, 1.165) is 22.2 Å². The van der Waals surface area contributed by atoms with Crippen molar-refractivity contribution in [2.45, 2.75) is 51.8 Å². The molecule has 2 aliphatic rings. The van der Waals surface area contributed by atoms with Gasteiger partial charge in [0, 0.05) is 35.6 Å². The van der Waals surface area contributed by atoms with E-state index in [4.69, 9.17) is 16.3 Å². The fraction of sp³-hybridized carbons (Fsp3) is 0.417. The van der Waals surface area contributed by atoms with Gasteiger partial charge in [0.05, 0.1) is 4.34 Å². The second-order valence-electron chi connectivity index (χ2n) is 9.54. The van der Waals surface area contributed by atoms with Gasteiger partial charge in [-0.2, -0.15) is 4.72 Å². The van der Waals surface area contributed by atoms with Crippen LogP contribution in [0.3, 0.4) is 0 Å². The van der Waals surface area contributed by atoms with E-state index in [1.807, 2.05) is 39.0 Å². The molecule has 188 valence electrons. The maximum absolute atomic E-state index is 13.0. The number of carbonyl (C=O) groups is 2. The van der Waals surface area contributed by atoms with Crippen LogP contribution in [0.15, 0.2) is 35.7 Å². The van der Waals surface area contributed by atoms with Crippen LogP contribution in [0.25, 0.3) is 6.08 Å². The molecule has 8 nitrogen and oxygen atoms in total. The molecule has 0 bridgehead atoms. The maximum Gasteiger partial charge on any atom is 0.410 e. The number of nitrogens with zero attached hydrogens (tertiary/aromatic N) is 2. The molecule has 0 spiro atoms. The SMILES string of the molecule is CC(C)(C)OC(=O)N1CCc2cc(N3CC[C@H](NS(=O)(=O)/C=C/c4ccc(Cl)s4)C3=O)ccc2C1. The van der Waals surface area contributed by atoms with Crippen molar-refractivity contribution < 1.29 is 22.7 Å². The number of halogens is 1. The van der Waals surface area contributed by atoms with Gasteiger partial charge >= 0.3 is 6.09 Å². The first-order valence-corrected chi connectivity index (χ1v) is 14.0. The van der Waals surface area contributed by atoms with Crippen molar-refractivity contribution in [2.24, 2.45) is 0 Å². The van der Waals surface area contributed by atoms with E-state index >= 15 is 0 Å². The van der Waals surface area contributed by atoms with Gasteiger partial charge in [-0.05, 0) is 75.1 Å². The first-order valence-electron chi connectivity index (χ1n) is 11.3. The number of rotatable bonds is 5. The molecular weight excluding hydrogens is 510 g/mol. The zero-order valence-corrected chi connectivity index (χ0v) is 22.2. The maximum atomic E-state index is 13.0. The van der Waals surface area contributed by atoms with Crippen molar-refractivity contribution in [1.29, 1.82) is 0 Å². The highest BCUT2D eigenvalue weighted by Crippen LogP contribution is 2.29. The van der Waals surface area contributed by atoms with Gasteiger partial charge in [-0.3, -0.25) is 4.79 Å². The van der Waals surface area contributed by atoms with Gasteiger partial charge in [-0.1, -0.05) is 17.7 Å². The van der Waals surface area contributed by atoms with Crippen LogP contribution in [-0.2, 0) is 32.5 Å². The van der Waals surface area contributed by atoms with Crippen LogP contribution in [0.4, 0.5) is 10.5 Å². The first-order chi connectivity index (χ1) is 16.4. The van der Waals surface area contributed by atoms with E-state index in [-0.39, 0.29) is 12.0 Å². The summed E-state index contributed by atoms with van der Waals surface area (Å²) < 4.78 is 33.5. The molecule has 4 rings (SSSR count). The molecule has 1 atom stereocenters. The molecule has 3 heterocycles. The number of benzene rings is 1. The summed E-state index contributed by atoms with van der Waals surface area (Å²) >= 11 is 7.14. The zero-order valence-electron chi connectivity index (χ0n) is 19.8. The van der Waals surface area contributed by atoms with Crippen LogP contribution >= 0.6 is 22.9 Å². The molecule has 11 heteroatoms. The normalized spacial score (nSPS) is 18.9. The minimum atomic E-state index is -3.80. The number of anilines is 1. The van der Waals surface area contributed by atoms with Crippen molar-refractivity contribution in [3.05, 3.63) is 56.1 Å². The monoisotopic (exact) mass is 537 g/mol. The van der Waals surface area contributed by atoms with Crippen LogP contribution in [0.1, 0.15) is 43.2 Å². The van der Waals surface area contributed by atoms with Gasteiger partial charge in [0.1, 0.15) is 11.6 Å². The van der Waals surface area contributed by atoms with Crippen LogP contribution < -0.4 is 9.62 Å². The number of nitrogens with one attached hydrogen (secondary N) is 1. The predicted molar refractivity (Wildman–Crippen MR) is 138 cm³/mol. The lowest BCUT2D eigenvalue weighted by molar-refractivity contribution is -0.118. The molecule has 1 saturated heterocycles. The van der Waals surface area contributed by atoms with E-state index in [0.29, 0.717) is 41.7 Å². The van der Waals surface area contributed by atoms with Crippen molar-refractivity contribution >= 4 is 56.7 Å². The topological polar surface area (TPSA) is 96.0 Å². The standard InChI is InChI=1S/C24H28ClN3O5S2/c1-24(2,3)33-23(30)27-11-8-16-14-18(5-4-17(16)15-27)28-12-9-20(22(28)29)26-35(31,32)13-10-19-6-7-21(25)34-19/h4-7,10,13-14,20,26H,8-9,11-12,15H2,1-3H3/b13-10+/t20-/m0/s1. The van der Waals surface area contributed by atoms with Crippen molar-refractivity contribution in [3.63, 3.8) is 0 Å². The molecule has 1 aromatic heterocycles. The Morgan fingerprint density at radius 2 is 1.97 bits per heavy atom. The average Bonchev–Trinajstić information content (AvgIpc) is 3.35. The Morgan fingerprint density at radius 1 is 1.20 bits per heavy atom. The zero-order chi connectivity index (χ0) is 25.4. The second-order valence-corrected chi connectivity index (χ2v) is 12.9. The second kappa shape index (κ2) is 9.93. The van der Waals surface area contributed by atoms with E-state index in [1.54, 1.807) is 21.9 Å². The molecule has 35 heavy (non-hydrogen) atoms. The summed E-state index contributed by atoms with van der Waals surface area (Å²) in [5.41, 5.74) is 2.25. The number of thiophene rings is 1. The van der Waals surface area contributed by atoms with Crippen LogP contribution in [0.2, 0.25) is 4.34 Å². The molecule has 2 aliphatic heterocycles. The Labute approximate surface area is 214 Å². The summed E-state index contributed by atoms with van der Waals surface area (Å²) in [6, 6.07) is 8.31. The average molecular weight is 538 g/mol. The fourth-order valence-electron chi connectivity index (χ4n) is 4.05. The molecule has 0 saturated carbocycles. The molecule has 2 aromatic rings. The smallest absolute Gasteiger partial charge is 0.410 e. The summed E-state index contributed by atoms with van der Waals surface area (Å²) in [5, 5.41) is 1.06. The minimum absolute atomic E-state index is 0.285. The number of hydrogen-bond donors (Lipinski definition) is 1. The van der Waals surface area contributed by atoms with Gasteiger partial charge in [-0.25, -0.2) is 13.2 Å². The number of ether oxygens (including phenoxy) is 1. The molecule has 1 fully saturated rings. The van der Waals surface area contributed by atoms with Gasteiger partial charge in [-0.15, -0.1) is 11.3 Å². The molecule has 1 aromatic carbocycles. The van der Waals surface area contributed by atoms with E-state index in [9.17, 15) is 18.0 Å². The van der Waals surface area contributed by atoms with Gasteiger partial charge in [0.15, 0.2) is 0 Å². The van der Waals surface area contributed by atoms with E-state index in [1.165, 1.54) is 17.4 Å². The number of fused-ring (bicyclic) bond motifs is 1. The van der Waals surface area contributed by atoms with Crippen LogP contribution in [0.5, 0.6) is 0 Å². The highest BCUT2D eigenvalue weighted by molar-refractivity contribution is 7.92. The molecule has 2 amide bonds. The molecule has 0 radical (unpaired) electrons. The number of carbonyl (C=O) groups excluding carboxylic acids is 2. The summed E-state index contributed by atoms with van der Waals surface area (Å²) in [7, 11) is -3.80. The van der Waals surface area contributed by atoms with E-state index < -0.39 is 21.7 Å². The Bertz CT molecular complexity index is 1270. The summed E-state index contributed by atoms with van der Waals surface area (Å²) in [6.07, 6.45) is 2.14. The largest absolute Gasteiger partial charge is 0.444 e. The molecule has 1 N–H and O–H groups in total.